The van der Waals surface area contributed by atoms with Crippen LogP contribution in [0.5, 0.6) is 0 Å². The van der Waals surface area contributed by atoms with Crippen LogP contribution in [0.2, 0.25) is 5.02 Å². The Hall–Kier alpha value is -3.24. The van der Waals surface area contributed by atoms with Gasteiger partial charge in [-0.25, -0.2) is 0 Å². The molecule has 188 valence electrons. The third kappa shape index (κ3) is 5.60. The van der Waals surface area contributed by atoms with Gasteiger partial charge in [0.15, 0.2) is 0 Å². The van der Waals surface area contributed by atoms with Gasteiger partial charge < -0.3 is 24.8 Å². The number of aliphatic hydroxyl groups excluding tert-OH is 1. The summed E-state index contributed by atoms with van der Waals surface area (Å²) in [6, 6.07) is 10.6. The molecule has 0 radical (unpaired) electrons. The number of amides is 1. The van der Waals surface area contributed by atoms with Gasteiger partial charge >= 0.3 is 0 Å². The van der Waals surface area contributed by atoms with E-state index >= 15 is 0 Å². The van der Waals surface area contributed by atoms with E-state index in [0.717, 1.165) is 21.5 Å². The van der Waals surface area contributed by atoms with Gasteiger partial charge in [-0.05, 0) is 49.4 Å². The summed E-state index contributed by atoms with van der Waals surface area (Å²) in [5.74, 6) is 0.0247. The molecule has 10 heteroatoms. The highest BCUT2D eigenvalue weighted by Crippen LogP contribution is 2.30. The first-order chi connectivity index (χ1) is 17.3. The molecule has 0 aliphatic heterocycles. The second-order valence-corrected chi connectivity index (χ2v) is 10.1. The number of benzene rings is 1. The van der Waals surface area contributed by atoms with Crippen LogP contribution in [0.1, 0.15) is 38.2 Å². The molecule has 0 bridgehead atoms. The number of halogens is 1. The summed E-state index contributed by atoms with van der Waals surface area (Å²) in [4.78, 5) is 29.2. The summed E-state index contributed by atoms with van der Waals surface area (Å²) in [6.07, 6.45) is 3.52. The van der Waals surface area contributed by atoms with Gasteiger partial charge in [-0.1, -0.05) is 23.7 Å². The predicted octanol–water partition coefficient (Wildman–Crippen LogP) is 4.36. The number of aliphatic hydroxyl groups is 1. The Morgan fingerprint density at radius 3 is 2.75 bits per heavy atom. The van der Waals surface area contributed by atoms with Crippen molar-refractivity contribution in [3.8, 4) is 0 Å². The number of furan rings is 1. The van der Waals surface area contributed by atoms with Gasteiger partial charge in [0.25, 0.3) is 5.91 Å². The van der Waals surface area contributed by atoms with E-state index in [9.17, 15) is 14.7 Å². The summed E-state index contributed by atoms with van der Waals surface area (Å²) in [5, 5.41) is 21.4. The van der Waals surface area contributed by atoms with Gasteiger partial charge in [0, 0.05) is 41.9 Å². The molecule has 0 aliphatic rings. The summed E-state index contributed by atoms with van der Waals surface area (Å²) in [7, 11) is 1.88. The molecular weight excluding hydrogens is 500 g/mol. The fourth-order valence-electron chi connectivity index (χ4n) is 4.06. The van der Waals surface area contributed by atoms with E-state index in [1.165, 1.54) is 30.0 Å². The first-order valence-electron chi connectivity index (χ1n) is 11.4. The van der Waals surface area contributed by atoms with Crippen molar-refractivity contribution in [2.45, 2.75) is 32.7 Å². The number of nitrogens with one attached hydrogen (secondary N) is 2. The van der Waals surface area contributed by atoms with Crippen LogP contribution >= 0.6 is 22.9 Å². The van der Waals surface area contributed by atoms with Gasteiger partial charge in [-0.3, -0.25) is 14.5 Å². The maximum Gasteiger partial charge on any atom is 0.257 e. The van der Waals surface area contributed by atoms with E-state index in [2.05, 4.69) is 5.32 Å². The Morgan fingerprint density at radius 2 is 2.08 bits per heavy atom. The zero-order valence-corrected chi connectivity index (χ0v) is 21.5. The molecule has 0 spiro atoms. The Labute approximate surface area is 217 Å². The number of pyridine rings is 1. The second kappa shape index (κ2) is 11.2. The van der Waals surface area contributed by atoms with Crippen molar-refractivity contribution in [1.82, 2.24) is 14.8 Å². The number of carbonyl (C=O) groups excluding carboxylic acids is 1. The molecule has 3 heterocycles. The van der Waals surface area contributed by atoms with Crippen LogP contribution in [0.25, 0.3) is 10.2 Å². The van der Waals surface area contributed by atoms with Crippen molar-refractivity contribution in [3.05, 3.63) is 91.4 Å². The molecule has 4 aromatic rings. The number of aryl methyl sites for hydroxylation is 1. The van der Waals surface area contributed by atoms with Crippen LogP contribution in [-0.4, -0.2) is 40.3 Å². The number of thiophene rings is 1. The number of nitrogens with zero attached hydrogens (tertiary/aromatic N) is 2. The van der Waals surface area contributed by atoms with E-state index in [4.69, 9.17) is 21.4 Å². The number of hydrogen-bond acceptors (Lipinski definition) is 7. The van der Waals surface area contributed by atoms with Crippen molar-refractivity contribution >= 4 is 45.3 Å². The van der Waals surface area contributed by atoms with Crippen LogP contribution in [-0.2, 0) is 19.6 Å². The standard InChI is InChI=1S/C26H27ClN4O4S/c1-16-22(15-30(2)14-20(32)21-4-3-11-35-21)36-25-23(16)31(10-9-28)13-19(24(25)33)26(34)29-12-17-5-7-18(27)8-6-17/h3-9,11,13,20,28,32H,10,12,14-15H2,1-2H3,(H,29,34). The normalized spacial score (nSPS) is 12.2. The summed E-state index contributed by atoms with van der Waals surface area (Å²) in [5.41, 5.74) is 2.20. The lowest BCUT2D eigenvalue weighted by Gasteiger charge is -2.19. The van der Waals surface area contributed by atoms with E-state index in [1.54, 1.807) is 28.8 Å². The van der Waals surface area contributed by atoms with Gasteiger partial charge in [0.2, 0.25) is 5.43 Å². The maximum absolute atomic E-state index is 13.4. The quantitative estimate of drug-likeness (QED) is 0.266. The molecule has 1 atom stereocenters. The largest absolute Gasteiger partial charge is 0.467 e. The zero-order chi connectivity index (χ0) is 25.8. The minimum Gasteiger partial charge on any atom is -0.467 e. The first kappa shape index (κ1) is 25.8. The highest BCUT2D eigenvalue weighted by Gasteiger charge is 2.22. The van der Waals surface area contributed by atoms with Gasteiger partial charge in [-0.15, -0.1) is 11.3 Å². The van der Waals surface area contributed by atoms with Crippen LogP contribution in [0.15, 0.2) is 58.1 Å². The Balaban J connectivity index is 1.60. The second-order valence-electron chi connectivity index (χ2n) is 8.59. The number of hydrogen-bond donors (Lipinski definition) is 3. The van der Waals surface area contributed by atoms with E-state index in [-0.39, 0.29) is 24.1 Å². The molecule has 0 fully saturated rings. The van der Waals surface area contributed by atoms with Crippen LogP contribution in [0.3, 0.4) is 0 Å². The lowest BCUT2D eigenvalue weighted by atomic mass is 10.1. The van der Waals surface area contributed by atoms with Crippen molar-refractivity contribution in [3.63, 3.8) is 0 Å². The summed E-state index contributed by atoms with van der Waals surface area (Å²) < 4.78 is 7.53. The minimum absolute atomic E-state index is 0.0349. The number of carbonyl (C=O) groups is 1. The molecule has 3 N–H and O–H groups in total. The monoisotopic (exact) mass is 526 g/mol. The SMILES string of the molecule is Cc1c(CN(C)CC(O)c2ccco2)sc2c(=O)c(C(=O)NCc3ccc(Cl)cc3)cn(CC=N)c12. The van der Waals surface area contributed by atoms with Crippen LogP contribution < -0.4 is 10.7 Å². The number of fused-ring (bicyclic) bond motifs is 1. The third-order valence-electron chi connectivity index (χ3n) is 5.91. The molecule has 1 aromatic carbocycles. The lowest BCUT2D eigenvalue weighted by molar-refractivity contribution is 0.0949. The Morgan fingerprint density at radius 1 is 1.33 bits per heavy atom. The van der Waals surface area contributed by atoms with Gasteiger partial charge in [0.05, 0.1) is 23.0 Å². The Kier molecular flexibility index (Phi) is 8.05. The summed E-state index contributed by atoms with van der Waals surface area (Å²) in [6.45, 7) is 3.29. The van der Waals surface area contributed by atoms with Crippen molar-refractivity contribution in [2.75, 3.05) is 13.6 Å². The van der Waals surface area contributed by atoms with Gasteiger partial charge in [0.1, 0.15) is 17.4 Å². The molecule has 3 aromatic heterocycles. The van der Waals surface area contributed by atoms with Crippen LogP contribution in [0, 0.1) is 12.3 Å². The first-order valence-corrected chi connectivity index (χ1v) is 12.5. The highest BCUT2D eigenvalue weighted by atomic mass is 35.5. The van der Waals surface area contributed by atoms with Crippen molar-refractivity contribution in [1.29, 1.82) is 5.41 Å². The van der Waals surface area contributed by atoms with E-state index in [0.29, 0.717) is 28.6 Å². The van der Waals surface area contributed by atoms with Gasteiger partial charge in [-0.2, -0.15) is 0 Å². The number of aromatic nitrogens is 1. The number of likely N-dealkylation sites (N-methyl/N-ethyl adjacent to an activating group) is 1. The molecule has 1 amide bonds. The van der Waals surface area contributed by atoms with Crippen molar-refractivity contribution < 1.29 is 14.3 Å². The Bertz CT molecular complexity index is 1430. The molecule has 8 nitrogen and oxygen atoms in total. The lowest BCUT2D eigenvalue weighted by Crippen LogP contribution is -2.29. The molecule has 0 aliphatic carbocycles. The fraction of sp³-hybridized carbons (Fsp3) is 0.269. The highest BCUT2D eigenvalue weighted by molar-refractivity contribution is 7.19. The smallest absolute Gasteiger partial charge is 0.257 e. The average molecular weight is 527 g/mol. The van der Waals surface area contributed by atoms with Crippen molar-refractivity contribution in [2.24, 2.45) is 0 Å². The third-order valence-corrected chi connectivity index (χ3v) is 7.42. The average Bonchev–Trinajstić information content (AvgIpc) is 3.50. The maximum atomic E-state index is 13.4. The molecule has 4 rings (SSSR count). The fourth-order valence-corrected chi connectivity index (χ4v) is 5.54. The van der Waals surface area contributed by atoms with E-state index in [1.807, 2.05) is 31.0 Å². The molecule has 1 unspecified atom stereocenters. The van der Waals surface area contributed by atoms with Crippen LogP contribution in [0.4, 0.5) is 0 Å². The number of rotatable bonds is 10. The molecular formula is C26H27ClN4O4S. The van der Waals surface area contributed by atoms with E-state index < -0.39 is 12.0 Å². The summed E-state index contributed by atoms with van der Waals surface area (Å²) >= 11 is 7.26. The predicted molar refractivity (Wildman–Crippen MR) is 142 cm³/mol. The minimum atomic E-state index is -0.770. The topological polar surface area (TPSA) is 112 Å². The zero-order valence-electron chi connectivity index (χ0n) is 20.0. The molecule has 0 saturated heterocycles. The molecule has 0 saturated carbocycles. The molecule has 36 heavy (non-hydrogen) atoms.